The second kappa shape index (κ2) is 2.78. The number of rotatable bonds is 3. The largest absolute Gasteiger partial charge is 0.481 e. The van der Waals surface area contributed by atoms with Gasteiger partial charge in [0.1, 0.15) is 0 Å². The van der Waals surface area contributed by atoms with Crippen LogP contribution < -0.4 is 0 Å². The van der Waals surface area contributed by atoms with Gasteiger partial charge >= 0.3 is 11.9 Å². The van der Waals surface area contributed by atoms with Crippen LogP contribution in [0.4, 0.5) is 0 Å². The van der Waals surface area contributed by atoms with E-state index in [-0.39, 0.29) is 28.0 Å². The van der Waals surface area contributed by atoms with E-state index in [1.54, 1.807) is 0 Å². The van der Waals surface area contributed by atoms with Gasteiger partial charge in [-0.25, -0.2) is 0 Å². The van der Waals surface area contributed by atoms with Crippen LogP contribution in [0.5, 0.6) is 0 Å². The number of aliphatic carboxylic acids is 2. The molecule has 2 N–H and O–H groups in total. The SMILES string of the molecule is O=C(O)C(C(=O)O)C12C3[C@H]4[C@H]1C1[C@@H]2[C@H]3C4(Br)C12OCCO2. The monoisotopic (exact) mass is 356 g/mol. The maximum Gasteiger partial charge on any atom is 0.318 e. The lowest BCUT2D eigenvalue weighted by molar-refractivity contribution is -0.450. The molecule has 0 unspecified atom stereocenters. The van der Waals surface area contributed by atoms with Gasteiger partial charge in [-0.1, -0.05) is 15.9 Å². The zero-order valence-corrected chi connectivity index (χ0v) is 12.4. The van der Waals surface area contributed by atoms with Crippen LogP contribution in [0, 0.1) is 46.8 Å². The molecule has 0 aromatic rings. The first kappa shape index (κ1) is 11.8. The van der Waals surface area contributed by atoms with Gasteiger partial charge in [0.25, 0.3) is 0 Å². The van der Waals surface area contributed by atoms with E-state index >= 15 is 0 Å². The molecule has 1 aliphatic heterocycles. The average Bonchev–Trinajstić information content (AvgIpc) is 2.94. The van der Waals surface area contributed by atoms with Crippen molar-refractivity contribution >= 4 is 27.9 Å². The minimum absolute atomic E-state index is 0.132. The highest BCUT2D eigenvalue weighted by Crippen LogP contribution is 3.05. The first-order valence-corrected chi connectivity index (χ1v) is 8.17. The van der Waals surface area contributed by atoms with E-state index in [1.165, 1.54) is 0 Å². The van der Waals surface area contributed by atoms with E-state index in [0.717, 1.165) is 0 Å². The Balaban J connectivity index is 1.49. The zero-order chi connectivity index (χ0) is 14.5. The van der Waals surface area contributed by atoms with E-state index in [9.17, 15) is 19.8 Å². The lowest BCUT2D eigenvalue weighted by Gasteiger charge is -2.92. The van der Waals surface area contributed by atoms with E-state index < -0.39 is 29.1 Å². The number of ether oxygens (including phenoxy) is 2. The summed E-state index contributed by atoms with van der Waals surface area (Å²) in [5.41, 5.74) is -0.520. The molecule has 1 heterocycles. The number of halogens is 1. The highest BCUT2D eigenvalue weighted by Gasteiger charge is 3.10. The number of hydrogen-bond donors (Lipinski definition) is 2. The summed E-state index contributed by atoms with van der Waals surface area (Å²) in [5, 5.41) is 18.8. The highest BCUT2D eigenvalue weighted by atomic mass is 79.9. The molecule has 2 bridgehead atoms. The van der Waals surface area contributed by atoms with Gasteiger partial charge < -0.3 is 19.7 Å². The molecule has 0 radical (unpaired) electrons. The van der Waals surface area contributed by atoms with Crippen LogP contribution >= 0.6 is 15.9 Å². The van der Waals surface area contributed by atoms with Crippen molar-refractivity contribution < 1.29 is 29.3 Å². The summed E-state index contributed by atoms with van der Waals surface area (Å²) in [7, 11) is 0. The normalized spacial score (nSPS) is 61.8. The molecule has 0 aromatic heterocycles. The summed E-state index contributed by atoms with van der Waals surface area (Å²) in [4.78, 5) is 23.0. The van der Waals surface area contributed by atoms with Crippen LogP contribution in [0.15, 0.2) is 0 Å². The fourth-order valence-electron chi connectivity index (χ4n) is 7.81. The van der Waals surface area contributed by atoms with E-state index in [0.29, 0.717) is 25.0 Å². The molecule has 1 spiro atoms. The van der Waals surface area contributed by atoms with Crippen molar-refractivity contribution in [2.24, 2.45) is 46.8 Å². The lowest BCUT2D eigenvalue weighted by Crippen LogP contribution is -2.94. The number of carbonyl (C=O) groups is 2. The molecule has 1 saturated heterocycles. The number of carboxylic acid groups (broad SMARTS) is 2. The third-order valence-corrected chi connectivity index (χ3v) is 9.32. The van der Waals surface area contributed by atoms with Gasteiger partial charge in [0.2, 0.25) is 0 Å². The van der Waals surface area contributed by atoms with Crippen LogP contribution in [0.3, 0.4) is 0 Å². The maximum absolute atomic E-state index is 11.5. The molecule has 6 saturated carbocycles. The fourth-order valence-corrected chi connectivity index (χ4v) is 9.44. The van der Waals surface area contributed by atoms with E-state index in [2.05, 4.69) is 15.9 Å². The number of alkyl halides is 1. The molecule has 7 heteroatoms. The van der Waals surface area contributed by atoms with Crippen LogP contribution in [-0.4, -0.2) is 45.5 Å². The molecule has 4 atom stereocenters. The smallest absolute Gasteiger partial charge is 0.318 e. The Kier molecular flexibility index (Phi) is 1.57. The standard InChI is InChI=1S/C14H13BrO6/c15-13-6-3-7(13)5-8(14(13)20-1-2-21-14)4(6)12(3,5)9(10(16)17)11(18)19/h3-9H,1-2H2,(H,16,17)(H,18,19)/t3?,4-,5-,6-,7-,8?,12?,13?/m0/s1. The van der Waals surface area contributed by atoms with Crippen molar-refractivity contribution in [3.63, 3.8) is 0 Å². The summed E-state index contributed by atoms with van der Waals surface area (Å²) >= 11 is 3.88. The Labute approximate surface area is 127 Å². The quantitative estimate of drug-likeness (QED) is 0.561. The molecule has 7 rings (SSSR count). The Morgan fingerprint density at radius 3 is 1.90 bits per heavy atom. The Bertz CT molecular complexity index is 605. The summed E-state index contributed by atoms with van der Waals surface area (Å²) in [6.45, 7) is 1.14. The van der Waals surface area contributed by atoms with E-state index in [1.807, 2.05) is 0 Å². The Morgan fingerprint density at radius 2 is 1.43 bits per heavy atom. The third-order valence-electron chi connectivity index (χ3n) is 7.71. The number of hydrogen-bond acceptors (Lipinski definition) is 4. The van der Waals surface area contributed by atoms with Gasteiger partial charge in [-0.2, -0.15) is 0 Å². The molecule has 6 nitrogen and oxygen atoms in total. The van der Waals surface area contributed by atoms with Crippen molar-refractivity contribution in [1.29, 1.82) is 0 Å². The Hall–Kier alpha value is -0.660. The van der Waals surface area contributed by atoms with Gasteiger partial charge in [0.15, 0.2) is 11.7 Å². The molecule has 7 fully saturated rings. The van der Waals surface area contributed by atoms with Crippen molar-refractivity contribution in [2.75, 3.05) is 13.2 Å². The highest BCUT2D eigenvalue weighted by molar-refractivity contribution is 9.10. The van der Waals surface area contributed by atoms with Gasteiger partial charge in [0.05, 0.1) is 17.5 Å². The summed E-state index contributed by atoms with van der Waals surface area (Å²) in [5.74, 6) is -2.93. The second-order valence-electron chi connectivity index (χ2n) is 7.40. The first-order chi connectivity index (χ1) is 9.95. The van der Waals surface area contributed by atoms with Crippen molar-refractivity contribution in [3.8, 4) is 0 Å². The second-order valence-corrected chi connectivity index (χ2v) is 8.71. The summed E-state index contributed by atoms with van der Waals surface area (Å²) < 4.78 is 11.8. The fraction of sp³-hybridized carbons (Fsp3) is 0.857. The molecular weight excluding hydrogens is 344 g/mol. The maximum atomic E-state index is 11.5. The van der Waals surface area contributed by atoms with Crippen molar-refractivity contribution in [2.45, 2.75) is 10.1 Å². The van der Waals surface area contributed by atoms with Crippen LogP contribution in [-0.2, 0) is 19.1 Å². The summed E-state index contributed by atoms with van der Waals surface area (Å²) in [6.07, 6.45) is 0. The molecule has 112 valence electrons. The average molecular weight is 357 g/mol. The summed E-state index contributed by atoms with van der Waals surface area (Å²) in [6, 6.07) is 0. The third kappa shape index (κ3) is 0.697. The van der Waals surface area contributed by atoms with Crippen molar-refractivity contribution in [1.82, 2.24) is 0 Å². The van der Waals surface area contributed by atoms with Gasteiger partial charge in [0, 0.05) is 11.3 Å². The predicted octanol–water partition coefficient (Wildman–Crippen LogP) is 0.400. The molecule has 7 aliphatic rings. The Morgan fingerprint density at radius 1 is 0.952 bits per heavy atom. The number of carboxylic acids is 2. The van der Waals surface area contributed by atoms with Crippen LogP contribution in [0.25, 0.3) is 0 Å². The predicted molar refractivity (Wildman–Crippen MR) is 68.4 cm³/mol. The van der Waals surface area contributed by atoms with Crippen LogP contribution in [0.1, 0.15) is 0 Å². The topological polar surface area (TPSA) is 93.1 Å². The minimum atomic E-state index is -1.27. The minimum Gasteiger partial charge on any atom is -0.481 e. The van der Waals surface area contributed by atoms with Gasteiger partial charge in [-0.15, -0.1) is 0 Å². The molecule has 0 amide bonds. The van der Waals surface area contributed by atoms with E-state index in [4.69, 9.17) is 9.47 Å². The van der Waals surface area contributed by atoms with Gasteiger partial charge in [-0.05, 0) is 29.6 Å². The molecular formula is C14H13BrO6. The lowest BCUT2D eigenvalue weighted by atomic mass is 9.11. The molecule has 6 aliphatic carbocycles. The van der Waals surface area contributed by atoms with Crippen molar-refractivity contribution in [3.05, 3.63) is 0 Å². The van der Waals surface area contributed by atoms with Gasteiger partial charge in [-0.3, -0.25) is 9.59 Å². The first-order valence-electron chi connectivity index (χ1n) is 7.38. The molecule has 0 aromatic carbocycles. The van der Waals surface area contributed by atoms with Crippen LogP contribution in [0.2, 0.25) is 0 Å². The zero-order valence-electron chi connectivity index (χ0n) is 10.9. The molecule has 21 heavy (non-hydrogen) atoms.